The van der Waals surface area contributed by atoms with Crippen LogP contribution in [-0.4, -0.2) is 36.8 Å². The van der Waals surface area contributed by atoms with Crippen LogP contribution in [0.3, 0.4) is 0 Å². The first kappa shape index (κ1) is 14.2. The van der Waals surface area contributed by atoms with Crippen molar-refractivity contribution in [1.82, 2.24) is 0 Å². The molecule has 1 aromatic rings. The first-order valence-corrected chi connectivity index (χ1v) is 6.85. The number of carboxylic acids is 2. The molecule has 0 bridgehead atoms. The van der Waals surface area contributed by atoms with E-state index in [9.17, 15) is 18.0 Å². The molecular formula is C11H12O6S. The summed E-state index contributed by atoms with van der Waals surface area (Å²) < 4.78 is 22.4. The van der Waals surface area contributed by atoms with Crippen LogP contribution in [0, 0.1) is 5.92 Å². The lowest BCUT2D eigenvalue weighted by Gasteiger charge is -2.07. The van der Waals surface area contributed by atoms with Crippen molar-refractivity contribution in [3.8, 4) is 0 Å². The molecule has 7 heteroatoms. The number of benzene rings is 1. The second kappa shape index (κ2) is 5.18. The molecule has 0 aromatic heterocycles. The van der Waals surface area contributed by atoms with E-state index in [-0.39, 0.29) is 11.3 Å². The van der Waals surface area contributed by atoms with Gasteiger partial charge in [-0.3, -0.25) is 9.59 Å². The Bertz CT molecular complexity index is 544. The number of rotatable bonds is 5. The van der Waals surface area contributed by atoms with E-state index in [1.807, 2.05) is 0 Å². The minimum absolute atomic E-state index is 0.105. The van der Waals surface area contributed by atoms with Crippen molar-refractivity contribution < 1.29 is 28.2 Å². The number of aliphatic carboxylic acids is 2. The van der Waals surface area contributed by atoms with Gasteiger partial charge in [-0.1, -0.05) is 12.1 Å². The highest BCUT2D eigenvalue weighted by atomic mass is 32.2. The lowest BCUT2D eigenvalue weighted by atomic mass is 10.00. The lowest BCUT2D eigenvalue weighted by molar-refractivity contribution is -0.154. The van der Waals surface area contributed by atoms with E-state index in [1.165, 1.54) is 24.3 Å². The van der Waals surface area contributed by atoms with E-state index in [4.69, 9.17) is 10.2 Å². The van der Waals surface area contributed by atoms with E-state index in [0.29, 0.717) is 5.56 Å². The van der Waals surface area contributed by atoms with Crippen LogP contribution in [-0.2, 0) is 25.8 Å². The maximum Gasteiger partial charge on any atom is 0.318 e. The Balaban J connectivity index is 2.93. The van der Waals surface area contributed by atoms with Crippen molar-refractivity contribution in [3.05, 3.63) is 29.8 Å². The van der Waals surface area contributed by atoms with E-state index in [1.54, 1.807) is 0 Å². The second-order valence-corrected chi connectivity index (χ2v) is 5.87. The third-order valence-corrected chi connectivity index (χ3v) is 3.52. The Morgan fingerprint density at radius 2 is 1.56 bits per heavy atom. The molecule has 1 aromatic carbocycles. The van der Waals surface area contributed by atoms with Gasteiger partial charge in [0.15, 0.2) is 15.8 Å². The first-order chi connectivity index (χ1) is 8.21. The summed E-state index contributed by atoms with van der Waals surface area (Å²) in [6.45, 7) is 0. The van der Waals surface area contributed by atoms with Gasteiger partial charge in [-0.15, -0.1) is 0 Å². The lowest BCUT2D eigenvalue weighted by Crippen LogP contribution is -2.25. The molecule has 0 heterocycles. The molecule has 0 saturated heterocycles. The molecule has 0 aliphatic heterocycles. The highest BCUT2D eigenvalue weighted by molar-refractivity contribution is 7.90. The smallest absolute Gasteiger partial charge is 0.318 e. The van der Waals surface area contributed by atoms with E-state index >= 15 is 0 Å². The summed E-state index contributed by atoms with van der Waals surface area (Å²) in [6.07, 6.45) is 0.869. The third-order valence-electron chi connectivity index (χ3n) is 2.39. The third kappa shape index (κ3) is 3.56. The monoisotopic (exact) mass is 272 g/mol. The zero-order valence-electron chi connectivity index (χ0n) is 9.53. The Kier molecular flexibility index (Phi) is 4.07. The van der Waals surface area contributed by atoms with Crippen LogP contribution in [0.25, 0.3) is 0 Å². The molecule has 0 aliphatic rings. The molecule has 6 nitrogen and oxygen atoms in total. The van der Waals surface area contributed by atoms with Gasteiger partial charge in [0.05, 0.1) is 4.90 Å². The highest BCUT2D eigenvalue weighted by Crippen LogP contribution is 2.14. The van der Waals surface area contributed by atoms with E-state index in [0.717, 1.165) is 6.26 Å². The summed E-state index contributed by atoms with van der Waals surface area (Å²) in [5.74, 6) is -4.38. The van der Waals surface area contributed by atoms with Gasteiger partial charge >= 0.3 is 11.9 Å². The summed E-state index contributed by atoms with van der Waals surface area (Å²) in [5.41, 5.74) is 0.456. The van der Waals surface area contributed by atoms with E-state index in [2.05, 4.69) is 0 Å². The summed E-state index contributed by atoms with van der Waals surface area (Å²) in [6, 6.07) is 5.47. The Labute approximate surface area is 104 Å². The summed E-state index contributed by atoms with van der Waals surface area (Å²) in [7, 11) is -3.31. The van der Waals surface area contributed by atoms with Gasteiger partial charge in [0.1, 0.15) is 0 Å². The fraction of sp³-hybridized carbons (Fsp3) is 0.273. The number of sulfone groups is 1. The van der Waals surface area contributed by atoms with Crippen molar-refractivity contribution in [3.63, 3.8) is 0 Å². The molecule has 98 valence electrons. The maximum atomic E-state index is 11.2. The molecule has 0 amide bonds. The molecule has 0 atom stereocenters. The zero-order valence-corrected chi connectivity index (χ0v) is 10.3. The summed E-state index contributed by atoms with van der Waals surface area (Å²) in [4.78, 5) is 21.5. The van der Waals surface area contributed by atoms with Crippen molar-refractivity contribution in [2.45, 2.75) is 11.3 Å². The average Bonchev–Trinajstić information content (AvgIpc) is 2.24. The van der Waals surface area contributed by atoms with Crippen LogP contribution in [0.1, 0.15) is 5.56 Å². The van der Waals surface area contributed by atoms with E-state index < -0.39 is 27.7 Å². The topological polar surface area (TPSA) is 109 Å². The maximum absolute atomic E-state index is 11.2. The Morgan fingerprint density at radius 3 is 1.89 bits per heavy atom. The van der Waals surface area contributed by atoms with Crippen LogP contribution >= 0.6 is 0 Å². The molecular weight excluding hydrogens is 260 g/mol. The van der Waals surface area contributed by atoms with Gasteiger partial charge in [0.25, 0.3) is 0 Å². The van der Waals surface area contributed by atoms with Gasteiger partial charge in [0.2, 0.25) is 0 Å². The molecule has 1 rings (SSSR count). The van der Waals surface area contributed by atoms with Crippen LogP contribution in [0.4, 0.5) is 0 Å². The zero-order chi connectivity index (χ0) is 13.9. The molecule has 0 unspecified atom stereocenters. The van der Waals surface area contributed by atoms with Crippen LogP contribution in [0.15, 0.2) is 29.2 Å². The minimum atomic E-state index is -3.31. The van der Waals surface area contributed by atoms with Gasteiger partial charge in [-0.2, -0.15) is 0 Å². The molecule has 0 fully saturated rings. The Hall–Kier alpha value is -1.89. The first-order valence-electron chi connectivity index (χ1n) is 4.96. The molecule has 0 aliphatic carbocycles. The standard InChI is InChI=1S/C11H12O6S/c1-18(16,17)8-4-2-7(3-5-8)6-9(10(12)13)11(14)15/h2-5,9H,6H2,1H3,(H,12,13)(H,14,15). The minimum Gasteiger partial charge on any atom is -0.481 e. The number of carbonyl (C=O) groups is 2. The van der Waals surface area contributed by atoms with Crippen molar-refractivity contribution in [1.29, 1.82) is 0 Å². The summed E-state index contributed by atoms with van der Waals surface area (Å²) >= 11 is 0. The Morgan fingerprint density at radius 1 is 1.11 bits per heavy atom. The normalized spacial score (nSPS) is 11.4. The summed E-state index contributed by atoms with van der Waals surface area (Å²) in [5, 5.41) is 17.4. The fourth-order valence-electron chi connectivity index (χ4n) is 1.39. The SMILES string of the molecule is CS(=O)(=O)c1ccc(CC(C(=O)O)C(=O)O)cc1. The van der Waals surface area contributed by atoms with Crippen LogP contribution in [0.5, 0.6) is 0 Å². The van der Waals surface area contributed by atoms with Crippen molar-refractivity contribution >= 4 is 21.8 Å². The fourth-order valence-corrected chi connectivity index (χ4v) is 2.02. The van der Waals surface area contributed by atoms with Gasteiger partial charge in [0, 0.05) is 6.26 Å². The predicted molar refractivity (Wildman–Crippen MR) is 62.0 cm³/mol. The van der Waals surface area contributed by atoms with Crippen molar-refractivity contribution in [2.75, 3.05) is 6.26 Å². The van der Waals surface area contributed by atoms with Gasteiger partial charge < -0.3 is 10.2 Å². The molecule has 0 spiro atoms. The van der Waals surface area contributed by atoms with Gasteiger partial charge in [-0.25, -0.2) is 8.42 Å². The van der Waals surface area contributed by atoms with Gasteiger partial charge in [-0.05, 0) is 24.1 Å². The number of hydrogen-bond acceptors (Lipinski definition) is 4. The molecule has 0 radical (unpaired) electrons. The van der Waals surface area contributed by atoms with Crippen LogP contribution in [0.2, 0.25) is 0 Å². The van der Waals surface area contributed by atoms with Crippen LogP contribution < -0.4 is 0 Å². The second-order valence-electron chi connectivity index (χ2n) is 3.85. The number of carboxylic acid groups (broad SMARTS) is 2. The molecule has 0 saturated carbocycles. The predicted octanol–water partition coefficient (Wildman–Crippen LogP) is 0.418. The quantitative estimate of drug-likeness (QED) is 0.752. The highest BCUT2D eigenvalue weighted by Gasteiger charge is 2.25. The average molecular weight is 272 g/mol. The van der Waals surface area contributed by atoms with Crippen molar-refractivity contribution in [2.24, 2.45) is 5.92 Å². The molecule has 18 heavy (non-hydrogen) atoms. The number of hydrogen-bond donors (Lipinski definition) is 2. The molecule has 2 N–H and O–H groups in total. The largest absolute Gasteiger partial charge is 0.481 e.